The summed E-state index contributed by atoms with van der Waals surface area (Å²) in [7, 11) is 0. The fraction of sp³-hybridized carbons (Fsp3) is 0.565. The first-order valence-electron chi connectivity index (χ1n) is 11.8. The molecule has 0 unspecified atom stereocenters. The molecule has 178 valence electrons. The predicted octanol–water partition coefficient (Wildman–Crippen LogP) is -0.307. The molecule has 4 aliphatic carbocycles. The number of aryl methyl sites for hydroxylation is 1. The van der Waals surface area contributed by atoms with Gasteiger partial charge in [0.05, 0.1) is 34.0 Å². The van der Waals surface area contributed by atoms with Gasteiger partial charge in [-0.2, -0.15) is 5.10 Å². The Kier molecular flexibility index (Phi) is 4.34. The molecule has 2 bridgehead atoms. The van der Waals surface area contributed by atoms with E-state index in [1.165, 1.54) is 10.9 Å². The Hall–Kier alpha value is -3.50. The number of amides is 3. The summed E-state index contributed by atoms with van der Waals surface area (Å²) in [4.78, 5) is 61.0. The van der Waals surface area contributed by atoms with Crippen molar-refractivity contribution in [3.05, 3.63) is 39.1 Å². The second-order valence-corrected chi connectivity index (χ2v) is 10.3. The fourth-order valence-electron chi connectivity index (χ4n) is 6.26. The molecule has 3 heterocycles. The second-order valence-electron chi connectivity index (χ2n) is 10.3. The van der Waals surface area contributed by atoms with Crippen LogP contribution in [0.15, 0.2) is 11.0 Å². The Morgan fingerprint density at radius 3 is 2.38 bits per heavy atom. The van der Waals surface area contributed by atoms with Crippen LogP contribution < -0.4 is 11.3 Å². The average Bonchev–Trinajstić information content (AvgIpc) is 3.38. The van der Waals surface area contributed by atoms with Crippen LogP contribution in [0.4, 0.5) is 0 Å². The number of carbonyl (C=O) groups is 3. The highest BCUT2D eigenvalue weighted by Gasteiger charge is 2.74. The summed E-state index contributed by atoms with van der Waals surface area (Å²) in [6, 6.07) is 0. The first kappa shape index (κ1) is 21.1. The van der Waals surface area contributed by atoms with Crippen LogP contribution in [0, 0.1) is 17.8 Å². The zero-order chi connectivity index (χ0) is 23.8. The quantitative estimate of drug-likeness (QED) is 0.633. The van der Waals surface area contributed by atoms with Gasteiger partial charge in [0.2, 0.25) is 17.8 Å². The zero-order valence-corrected chi connectivity index (χ0v) is 19.1. The van der Waals surface area contributed by atoms with E-state index in [1.807, 2.05) is 4.90 Å². The molecule has 0 aromatic carbocycles. The molecule has 3 saturated carbocycles. The summed E-state index contributed by atoms with van der Waals surface area (Å²) in [5, 5.41) is 4.32. The first-order valence-corrected chi connectivity index (χ1v) is 11.8. The third kappa shape index (κ3) is 2.82. The highest BCUT2D eigenvalue weighted by Crippen LogP contribution is 2.73. The van der Waals surface area contributed by atoms with Gasteiger partial charge in [-0.3, -0.25) is 24.2 Å². The van der Waals surface area contributed by atoms with Gasteiger partial charge in [0, 0.05) is 31.7 Å². The summed E-state index contributed by atoms with van der Waals surface area (Å²) in [5.74, 6) is -0.0477. The third-order valence-electron chi connectivity index (χ3n) is 8.23. The summed E-state index contributed by atoms with van der Waals surface area (Å²) in [6.45, 7) is 3.57. The first-order chi connectivity index (χ1) is 16.2. The smallest absolute Gasteiger partial charge is 0.257 e. The zero-order valence-electron chi connectivity index (χ0n) is 19.1. The predicted molar refractivity (Wildman–Crippen MR) is 119 cm³/mol. The van der Waals surface area contributed by atoms with Gasteiger partial charge >= 0.3 is 0 Å². The van der Waals surface area contributed by atoms with Crippen molar-refractivity contribution in [2.75, 3.05) is 26.2 Å². The largest absolute Gasteiger partial charge is 0.369 e. The Morgan fingerprint density at radius 1 is 1.03 bits per heavy atom. The van der Waals surface area contributed by atoms with E-state index < -0.39 is 10.8 Å². The molecule has 2 aromatic rings. The molecule has 5 aliphatic rings. The van der Waals surface area contributed by atoms with Gasteiger partial charge in [-0.15, -0.1) is 0 Å². The summed E-state index contributed by atoms with van der Waals surface area (Å²) < 4.78 is 1.50. The number of aromatic amines is 1. The fourth-order valence-corrected chi connectivity index (χ4v) is 6.26. The third-order valence-corrected chi connectivity index (χ3v) is 8.23. The van der Waals surface area contributed by atoms with Crippen LogP contribution in [0.5, 0.6) is 0 Å². The van der Waals surface area contributed by atoms with Crippen molar-refractivity contribution in [2.45, 2.75) is 45.4 Å². The van der Waals surface area contributed by atoms with Crippen molar-refractivity contribution < 1.29 is 14.4 Å². The molecule has 3 N–H and O–H groups in total. The number of nitrogens with one attached hydrogen (secondary N) is 1. The van der Waals surface area contributed by atoms with Crippen LogP contribution in [0.3, 0.4) is 0 Å². The molecule has 2 aromatic heterocycles. The maximum Gasteiger partial charge on any atom is 0.257 e. The number of fused-ring (bicyclic) bond motifs is 1. The molecular formula is C23H27N7O4. The minimum absolute atomic E-state index is 0.0818. The van der Waals surface area contributed by atoms with Gasteiger partial charge in [0.15, 0.2) is 0 Å². The van der Waals surface area contributed by atoms with Gasteiger partial charge in [-0.25, -0.2) is 9.67 Å². The molecule has 0 atom stereocenters. The number of hydrogen-bond donors (Lipinski definition) is 2. The van der Waals surface area contributed by atoms with Gasteiger partial charge in [-0.1, -0.05) is 0 Å². The van der Waals surface area contributed by atoms with Crippen molar-refractivity contribution in [2.24, 2.45) is 16.6 Å². The highest BCUT2D eigenvalue weighted by atomic mass is 16.2. The Bertz CT molecular complexity index is 1280. The van der Waals surface area contributed by atoms with Crippen LogP contribution in [0.2, 0.25) is 0 Å². The maximum atomic E-state index is 13.2. The molecule has 7 rings (SSSR count). The van der Waals surface area contributed by atoms with E-state index in [0.717, 1.165) is 30.5 Å². The van der Waals surface area contributed by atoms with Crippen molar-refractivity contribution in [1.29, 1.82) is 0 Å². The van der Waals surface area contributed by atoms with Gasteiger partial charge in [0.25, 0.3) is 11.5 Å². The van der Waals surface area contributed by atoms with Gasteiger partial charge in [-0.05, 0) is 45.4 Å². The minimum Gasteiger partial charge on any atom is -0.369 e. The van der Waals surface area contributed by atoms with E-state index >= 15 is 0 Å². The van der Waals surface area contributed by atoms with E-state index in [4.69, 9.17) is 5.73 Å². The lowest BCUT2D eigenvalue weighted by atomic mass is 9.34. The van der Waals surface area contributed by atoms with Crippen LogP contribution in [-0.4, -0.2) is 73.4 Å². The number of aromatic nitrogens is 4. The SMILES string of the molecule is Cc1c(C(=O)N2CCN(C(=O)C34CC(C(N)=O)(C3)C4)CC2)cnn1-c1nc2c(c(=O)[nH]1)CCC2. The van der Waals surface area contributed by atoms with E-state index in [0.29, 0.717) is 62.6 Å². The number of nitrogens with two attached hydrogens (primary N) is 1. The van der Waals surface area contributed by atoms with Crippen LogP contribution in [-0.2, 0) is 22.4 Å². The van der Waals surface area contributed by atoms with E-state index in [-0.39, 0.29) is 23.3 Å². The highest BCUT2D eigenvalue weighted by molar-refractivity contribution is 5.96. The topological polar surface area (TPSA) is 147 Å². The van der Waals surface area contributed by atoms with Crippen molar-refractivity contribution in [3.63, 3.8) is 0 Å². The van der Waals surface area contributed by atoms with E-state index in [1.54, 1.807) is 11.8 Å². The molecule has 0 spiro atoms. The number of primary amides is 1. The number of carbonyl (C=O) groups excluding carboxylic acids is 3. The van der Waals surface area contributed by atoms with Gasteiger partial charge in [0.1, 0.15) is 0 Å². The molecule has 1 saturated heterocycles. The number of piperazine rings is 1. The Balaban J connectivity index is 1.12. The van der Waals surface area contributed by atoms with E-state index in [9.17, 15) is 19.2 Å². The summed E-state index contributed by atoms with van der Waals surface area (Å²) in [5.41, 5.74) is 7.03. The summed E-state index contributed by atoms with van der Waals surface area (Å²) >= 11 is 0. The normalized spacial score (nSPS) is 27.1. The second kappa shape index (κ2) is 7.00. The Morgan fingerprint density at radius 2 is 1.71 bits per heavy atom. The van der Waals surface area contributed by atoms with Crippen molar-refractivity contribution in [3.8, 4) is 5.95 Å². The number of H-pyrrole nitrogens is 1. The molecule has 11 heteroatoms. The lowest BCUT2D eigenvalue weighted by Gasteiger charge is -2.68. The standard InChI is InChI=1S/C23H27N7O4/c1-13-15(9-25-30(13)21-26-16-4-2-3-14(16)17(31)27-21)18(32)28-5-7-29(8-6-28)20(34)23-10-22(11-23,12-23)19(24)33/h9H,2-8,10-12H2,1H3,(H2,24,33)(H,26,27,31). The number of hydrogen-bond acceptors (Lipinski definition) is 6. The number of nitrogens with zero attached hydrogens (tertiary/aromatic N) is 5. The molecule has 11 nitrogen and oxygen atoms in total. The summed E-state index contributed by atoms with van der Waals surface area (Å²) in [6.07, 6.45) is 5.61. The van der Waals surface area contributed by atoms with Crippen LogP contribution in [0.25, 0.3) is 5.95 Å². The van der Waals surface area contributed by atoms with E-state index in [2.05, 4.69) is 15.1 Å². The number of rotatable bonds is 4. The maximum absolute atomic E-state index is 13.2. The monoisotopic (exact) mass is 465 g/mol. The molecular weight excluding hydrogens is 438 g/mol. The molecule has 34 heavy (non-hydrogen) atoms. The minimum atomic E-state index is -0.455. The van der Waals surface area contributed by atoms with Crippen LogP contribution in [0.1, 0.15) is 53.0 Å². The van der Waals surface area contributed by atoms with Gasteiger partial charge < -0.3 is 15.5 Å². The van der Waals surface area contributed by atoms with Crippen molar-refractivity contribution in [1.82, 2.24) is 29.5 Å². The molecule has 4 fully saturated rings. The molecule has 3 amide bonds. The average molecular weight is 466 g/mol. The molecule has 1 aliphatic heterocycles. The lowest BCUT2D eigenvalue weighted by molar-refractivity contribution is -0.214. The van der Waals surface area contributed by atoms with Crippen LogP contribution >= 0.6 is 0 Å². The van der Waals surface area contributed by atoms with Crippen molar-refractivity contribution >= 4 is 17.7 Å². The lowest BCUT2D eigenvalue weighted by Crippen LogP contribution is -2.72. The molecule has 0 radical (unpaired) electrons. The Labute approximate surface area is 195 Å².